The van der Waals surface area contributed by atoms with Gasteiger partial charge in [-0.15, -0.1) is 0 Å². The molecule has 1 atom stereocenters. The van der Waals surface area contributed by atoms with E-state index in [9.17, 15) is 4.39 Å². The molecule has 2 nitrogen and oxygen atoms in total. The number of aromatic nitrogens is 1. The van der Waals surface area contributed by atoms with Crippen molar-refractivity contribution >= 4 is 0 Å². The third-order valence-electron chi connectivity index (χ3n) is 5.61. The molecule has 0 N–H and O–H groups in total. The second-order valence-electron chi connectivity index (χ2n) is 8.35. The summed E-state index contributed by atoms with van der Waals surface area (Å²) in [6.45, 7) is 4.44. The molecule has 2 rings (SSSR count). The number of alkyl halides is 1. The number of unbranched alkanes of at least 4 members (excludes halogenated alkanes) is 8. The van der Waals surface area contributed by atoms with E-state index in [1.165, 1.54) is 56.9 Å². The molecule has 0 fully saturated rings. The number of hydrogen-bond acceptors (Lipinski definition) is 2. The number of pyridine rings is 1. The molecule has 0 aliphatic carbocycles. The summed E-state index contributed by atoms with van der Waals surface area (Å²) in [7, 11) is 0. The Bertz CT molecular complexity index is 668. The Kier molecular flexibility index (Phi) is 12.2. The van der Waals surface area contributed by atoms with Gasteiger partial charge < -0.3 is 4.74 Å². The maximum Gasteiger partial charge on any atom is 0.137 e. The molecule has 0 spiro atoms. The second kappa shape index (κ2) is 15.0. The lowest BCUT2D eigenvalue weighted by Gasteiger charge is -2.10. The van der Waals surface area contributed by atoms with Crippen LogP contribution >= 0.6 is 0 Å². The summed E-state index contributed by atoms with van der Waals surface area (Å²) in [5, 5.41) is 0. The molecule has 1 heterocycles. The first-order valence-corrected chi connectivity index (χ1v) is 12.0. The number of rotatable bonds is 16. The van der Waals surface area contributed by atoms with Crippen molar-refractivity contribution < 1.29 is 9.13 Å². The number of benzene rings is 1. The minimum absolute atomic E-state index is 0.106. The van der Waals surface area contributed by atoms with E-state index >= 15 is 0 Å². The van der Waals surface area contributed by atoms with Gasteiger partial charge >= 0.3 is 0 Å². The van der Waals surface area contributed by atoms with Crippen LogP contribution < -0.4 is 4.74 Å². The Balaban J connectivity index is 1.70. The molecular formula is C27H40FNO. The summed E-state index contributed by atoms with van der Waals surface area (Å²) >= 11 is 0. The number of ether oxygens (including phenoxy) is 1. The van der Waals surface area contributed by atoms with Crippen LogP contribution in [0.15, 0.2) is 42.6 Å². The maximum absolute atomic E-state index is 13.7. The van der Waals surface area contributed by atoms with Gasteiger partial charge in [0, 0.05) is 5.56 Å². The Labute approximate surface area is 183 Å². The van der Waals surface area contributed by atoms with Gasteiger partial charge in [0.2, 0.25) is 0 Å². The summed E-state index contributed by atoms with van der Waals surface area (Å²) in [5.41, 5.74) is 3.42. The highest BCUT2D eigenvalue weighted by Crippen LogP contribution is 2.21. The number of nitrogens with zero attached hydrogens (tertiary/aromatic N) is 1. The molecule has 0 saturated carbocycles. The zero-order valence-corrected chi connectivity index (χ0v) is 19.0. The summed E-state index contributed by atoms with van der Waals surface area (Å²) in [5.74, 6) is 0.629. The van der Waals surface area contributed by atoms with E-state index in [0.717, 1.165) is 30.5 Å². The van der Waals surface area contributed by atoms with Crippen molar-refractivity contribution in [2.45, 2.75) is 97.1 Å². The van der Waals surface area contributed by atoms with Crippen molar-refractivity contribution in [1.82, 2.24) is 4.98 Å². The van der Waals surface area contributed by atoms with E-state index < -0.39 is 6.17 Å². The molecule has 0 aliphatic rings. The molecule has 0 saturated heterocycles. The molecule has 1 aromatic carbocycles. The van der Waals surface area contributed by atoms with Crippen LogP contribution in [0.5, 0.6) is 5.75 Å². The molecule has 0 amide bonds. The molecule has 1 unspecified atom stereocenters. The molecule has 0 bridgehead atoms. The van der Waals surface area contributed by atoms with Gasteiger partial charge in [-0.1, -0.05) is 95.9 Å². The summed E-state index contributed by atoms with van der Waals surface area (Å²) in [6.07, 6.45) is 15.2. The highest BCUT2D eigenvalue weighted by Gasteiger charge is 2.07. The van der Waals surface area contributed by atoms with Gasteiger partial charge in [-0.25, -0.2) is 4.39 Å². The molecule has 2 aromatic rings. The molecule has 1 aromatic heterocycles. The van der Waals surface area contributed by atoms with E-state index in [-0.39, 0.29) is 6.61 Å². The standard InChI is InChI=1S/C27H40FNO/c1-3-5-7-8-9-10-11-12-13-23-15-17-24(18-16-23)27-20-19-26(21-29-27)30-22-25(28)14-6-4-2/h15-21,25H,3-14,22H2,1-2H3. The van der Waals surface area contributed by atoms with Crippen LogP contribution in [-0.4, -0.2) is 17.8 Å². The van der Waals surface area contributed by atoms with E-state index in [4.69, 9.17) is 4.74 Å². The van der Waals surface area contributed by atoms with Crippen LogP contribution in [0.25, 0.3) is 11.3 Å². The monoisotopic (exact) mass is 413 g/mol. The van der Waals surface area contributed by atoms with Gasteiger partial charge in [0.1, 0.15) is 18.5 Å². The van der Waals surface area contributed by atoms with Gasteiger partial charge in [-0.3, -0.25) is 4.98 Å². The Morgan fingerprint density at radius 2 is 1.47 bits per heavy atom. The van der Waals surface area contributed by atoms with E-state index in [1.54, 1.807) is 6.20 Å². The smallest absolute Gasteiger partial charge is 0.137 e. The number of halogens is 1. The highest BCUT2D eigenvalue weighted by molar-refractivity contribution is 5.59. The fourth-order valence-electron chi connectivity index (χ4n) is 3.64. The third-order valence-corrected chi connectivity index (χ3v) is 5.61. The largest absolute Gasteiger partial charge is 0.489 e. The average Bonchev–Trinajstić information content (AvgIpc) is 2.79. The number of hydrogen-bond donors (Lipinski definition) is 0. The lowest BCUT2D eigenvalue weighted by Crippen LogP contribution is -2.12. The van der Waals surface area contributed by atoms with Crippen molar-refractivity contribution in [2.75, 3.05) is 6.61 Å². The maximum atomic E-state index is 13.7. The van der Waals surface area contributed by atoms with Gasteiger partial charge in [-0.05, 0) is 37.0 Å². The van der Waals surface area contributed by atoms with Crippen LogP contribution in [0.2, 0.25) is 0 Å². The van der Waals surface area contributed by atoms with E-state index in [0.29, 0.717) is 12.2 Å². The first-order chi connectivity index (χ1) is 14.7. The van der Waals surface area contributed by atoms with E-state index in [2.05, 4.69) is 43.1 Å². The van der Waals surface area contributed by atoms with Gasteiger partial charge in [0.05, 0.1) is 11.9 Å². The van der Waals surface area contributed by atoms with Gasteiger partial charge in [-0.2, -0.15) is 0 Å². The molecule has 3 heteroatoms. The van der Waals surface area contributed by atoms with Crippen LogP contribution in [0.4, 0.5) is 4.39 Å². The van der Waals surface area contributed by atoms with Gasteiger partial charge in [0.15, 0.2) is 0 Å². The minimum atomic E-state index is -0.904. The van der Waals surface area contributed by atoms with Crippen molar-refractivity contribution in [3.8, 4) is 17.0 Å². The molecule has 0 aliphatic heterocycles. The van der Waals surface area contributed by atoms with Crippen molar-refractivity contribution in [3.05, 3.63) is 48.2 Å². The lowest BCUT2D eigenvalue weighted by molar-refractivity contribution is 0.184. The second-order valence-corrected chi connectivity index (χ2v) is 8.35. The van der Waals surface area contributed by atoms with Crippen LogP contribution in [0, 0.1) is 0 Å². The zero-order valence-electron chi connectivity index (χ0n) is 19.0. The minimum Gasteiger partial charge on any atom is -0.489 e. The zero-order chi connectivity index (χ0) is 21.4. The summed E-state index contributed by atoms with van der Waals surface area (Å²) in [6, 6.07) is 12.5. The summed E-state index contributed by atoms with van der Waals surface area (Å²) < 4.78 is 19.2. The Morgan fingerprint density at radius 1 is 0.800 bits per heavy atom. The molecule has 0 radical (unpaired) electrons. The quantitative estimate of drug-likeness (QED) is 0.258. The Morgan fingerprint density at radius 3 is 2.10 bits per heavy atom. The van der Waals surface area contributed by atoms with Crippen LogP contribution in [0.1, 0.15) is 90.0 Å². The number of aryl methyl sites for hydroxylation is 1. The topological polar surface area (TPSA) is 22.1 Å². The average molecular weight is 414 g/mol. The Hall–Kier alpha value is -1.90. The van der Waals surface area contributed by atoms with Crippen molar-refractivity contribution in [3.63, 3.8) is 0 Å². The molecule has 166 valence electrons. The van der Waals surface area contributed by atoms with Crippen LogP contribution in [-0.2, 0) is 6.42 Å². The van der Waals surface area contributed by atoms with Crippen molar-refractivity contribution in [1.29, 1.82) is 0 Å². The van der Waals surface area contributed by atoms with Crippen molar-refractivity contribution in [2.24, 2.45) is 0 Å². The molecule has 30 heavy (non-hydrogen) atoms. The van der Waals surface area contributed by atoms with Gasteiger partial charge in [0.25, 0.3) is 0 Å². The first-order valence-electron chi connectivity index (χ1n) is 12.0. The fraction of sp³-hybridized carbons (Fsp3) is 0.593. The predicted octanol–water partition coefficient (Wildman–Crippen LogP) is 8.34. The highest BCUT2D eigenvalue weighted by atomic mass is 19.1. The van der Waals surface area contributed by atoms with Crippen LogP contribution in [0.3, 0.4) is 0 Å². The first kappa shape index (κ1) is 24.4. The predicted molar refractivity (Wildman–Crippen MR) is 126 cm³/mol. The molecular weight excluding hydrogens is 373 g/mol. The lowest BCUT2D eigenvalue weighted by atomic mass is 10.0. The normalized spacial score (nSPS) is 12.1. The van der Waals surface area contributed by atoms with E-state index in [1.807, 2.05) is 12.1 Å². The summed E-state index contributed by atoms with van der Waals surface area (Å²) in [4.78, 5) is 4.49. The SMILES string of the molecule is CCCCCCCCCCc1ccc(-c2ccc(OCC(F)CCCC)cn2)cc1. The third kappa shape index (κ3) is 9.73. The fourth-order valence-corrected chi connectivity index (χ4v) is 3.64.